The molecule has 2 fully saturated rings. The Balaban J connectivity index is 1.38. The van der Waals surface area contributed by atoms with Crippen molar-refractivity contribution in [1.29, 1.82) is 0 Å². The molecule has 1 saturated heterocycles. The third-order valence-corrected chi connectivity index (χ3v) is 7.78. The summed E-state index contributed by atoms with van der Waals surface area (Å²) < 4.78 is 58.3. The molecule has 3 aromatic rings. The zero-order valence-corrected chi connectivity index (χ0v) is 22.7. The molecule has 1 aliphatic carbocycles. The van der Waals surface area contributed by atoms with E-state index in [-0.39, 0.29) is 30.8 Å². The first kappa shape index (κ1) is 29.2. The van der Waals surface area contributed by atoms with E-state index >= 15 is 4.39 Å². The topological polar surface area (TPSA) is 106 Å². The second kappa shape index (κ2) is 11.5. The van der Waals surface area contributed by atoms with Gasteiger partial charge < -0.3 is 10.2 Å². The maximum atomic E-state index is 15.0. The van der Waals surface area contributed by atoms with Crippen LogP contribution in [-0.2, 0) is 22.7 Å². The third-order valence-electron chi connectivity index (χ3n) is 7.78. The molecule has 0 spiro atoms. The van der Waals surface area contributed by atoms with Gasteiger partial charge in [-0.3, -0.25) is 23.5 Å². The van der Waals surface area contributed by atoms with Gasteiger partial charge in [0.15, 0.2) is 0 Å². The number of likely N-dealkylation sites (tertiary alicyclic amines) is 1. The number of nitrogens with one attached hydrogen (secondary N) is 1. The van der Waals surface area contributed by atoms with E-state index < -0.39 is 78.5 Å². The lowest BCUT2D eigenvalue weighted by Gasteiger charge is -2.35. The second-order valence-electron chi connectivity index (χ2n) is 10.6. The van der Waals surface area contributed by atoms with Crippen LogP contribution < -0.4 is 16.6 Å². The molecule has 0 unspecified atom stereocenters. The van der Waals surface area contributed by atoms with E-state index in [1.165, 1.54) is 18.3 Å². The van der Waals surface area contributed by atoms with Gasteiger partial charge in [0.2, 0.25) is 23.7 Å². The lowest BCUT2D eigenvalue weighted by molar-refractivity contribution is -0.139. The van der Waals surface area contributed by atoms with Crippen molar-refractivity contribution < 1.29 is 27.2 Å². The van der Waals surface area contributed by atoms with Gasteiger partial charge in [-0.25, -0.2) is 22.9 Å². The molecule has 2 aliphatic rings. The predicted octanol–water partition coefficient (Wildman–Crippen LogP) is 2.92. The second-order valence-corrected chi connectivity index (χ2v) is 10.6. The predicted molar refractivity (Wildman–Crippen MR) is 143 cm³/mol. The van der Waals surface area contributed by atoms with E-state index in [2.05, 4.69) is 10.3 Å². The van der Waals surface area contributed by atoms with Crippen molar-refractivity contribution in [2.75, 3.05) is 6.54 Å². The van der Waals surface area contributed by atoms with Crippen molar-refractivity contribution in [2.45, 2.75) is 69.4 Å². The Kier molecular flexibility index (Phi) is 8.02. The third kappa shape index (κ3) is 5.86. The molecule has 1 saturated carbocycles. The van der Waals surface area contributed by atoms with Crippen LogP contribution in [-0.4, -0.2) is 55.5 Å². The van der Waals surface area contributed by atoms with Crippen LogP contribution in [0.1, 0.15) is 55.0 Å². The highest BCUT2D eigenvalue weighted by Crippen LogP contribution is 2.48. The number of benzene rings is 1. The van der Waals surface area contributed by atoms with E-state index in [1.807, 2.05) is 0 Å². The molecule has 2 amide bonds. The van der Waals surface area contributed by atoms with Crippen LogP contribution in [0.5, 0.6) is 0 Å². The number of carbonyl (C=O) groups is 2. The fraction of sp³-hybridized carbons (Fsp3) is 0.414. The molecule has 9 nitrogen and oxygen atoms in total. The molecule has 1 aliphatic heterocycles. The molecule has 3 heterocycles. The van der Waals surface area contributed by atoms with Crippen LogP contribution in [0, 0.1) is 5.95 Å². The average Bonchev–Trinajstić information content (AvgIpc) is 3.34. The molecule has 2 aromatic heterocycles. The molecule has 1 N–H and O–H groups in total. The van der Waals surface area contributed by atoms with Crippen LogP contribution in [0.15, 0.2) is 64.3 Å². The van der Waals surface area contributed by atoms with E-state index in [4.69, 9.17) is 0 Å². The van der Waals surface area contributed by atoms with E-state index in [1.54, 1.807) is 37.3 Å². The smallest absolute Gasteiger partial charge is 0.331 e. The summed E-state index contributed by atoms with van der Waals surface area (Å²) in [4.78, 5) is 56.2. The highest BCUT2D eigenvalue weighted by Gasteiger charge is 2.47. The van der Waals surface area contributed by atoms with Crippen molar-refractivity contribution in [3.8, 4) is 0 Å². The van der Waals surface area contributed by atoms with Gasteiger partial charge in [0.1, 0.15) is 18.8 Å². The molecule has 0 bridgehead atoms. The minimum Gasteiger partial charge on any atom is -0.342 e. The number of alkyl halides is 3. The molecular formula is C29H29F4N5O4. The first-order chi connectivity index (χ1) is 20.0. The Morgan fingerprint density at radius 2 is 1.81 bits per heavy atom. The number of hydrogen-bond acceptors (Lipinski definition) is 5. The fourth-order valence-electron chi connectivity index (χ4n) is 5.53. The first-order valence-corrected chi connectivity index (χ1v) is 13.6. The van der Waals surface area contributed by atoms with Gasteiger partial charge in [0.25, 0.3) is 5.56 Å². The zero-order chi connectivity index (χ0) is 30.2. The maximum absolute atomic E-state index is 15.0. The molecule has 5 rings (SSSR count). The Morgan fingerprint density at radius 1 is 1.10 bits per heavy atom. The standard InChI is InChI=1S/C29H29F4N5O4/c1-2-37-23(39)10-11-36(28(37)42)16-24(40)38-15-19(30)12-22(38)27(41)35-25(17-6-4-3-5-7-17)21-9-8-20(26(31)34-21)18-13-29(32,33)14-18/h3-11,18-19,22,25H,2,12-16H2,1H3,(H,35,41)/t19-,22+,25+/m1/s1. The summed E-state index contributed by atoms with van der Waals surface area (Å²) in [6.45, 7) is 0.819. The van der Waals surface area contributed by atoms with Gasteiger partial charge in [0, 0.05) is 43.6 Å². The highest BCUT2D eigenvalue weighted by atomic mass is 19.3. The van der Waals surface area contributed by atoms with Gasteiger partial charge in [-0.2, -0.15) is 4.39 Å². The number of carbonyl (C=O) groups excluding carboxylic acids is 2. The zero-order valence-electron chi connectivity index (χ0n) is 22.7. The highest BCUT2D eigenvalue weighted by molar-refractivity contribution is 5.88. The minimum atomic E-state index is -2.83. The van der Waals surface area contributed by atoms with Crippen LogP contribution >= 0.6 is 0 Å². The molecular weight excluding hydrogens is 558 g/mol. The average molecular weight is 588 g/mol. The van der Waals surface area contributed by atoms with Crippen LogP contribution in [0.25, 0.3) is 0 Å². The van der Waals surface area contributed by atoms with Crippen LogP contribution in [0.2, 0.25) is 0 Å². The summed E-state index contributed by atoms with van der Waals surface area (Å²) in [5, 5.41) is 2.75. The number of halogens is 4. The maximum Gasteiger partial charge on any atom is 0.331 e. The van der Waals surface area contributed by atoms with E-state index in [9.17, 15) is 32.3 Å². The molecule has 1 aromatic carbocycles. The number of nitrogens with zero attached hydrogens (tertiary/aromatic N) is 4. The number of rotatable bonds is 8. The van der Waals surface area contributed by atoms with Gasteiger partial charge in [0.05, 0.1) is 18.3 Å². The summed E-state index contributed by atoms with van der Waals surface area (Å²) in [7, 11) is 0. The number of hydrogen-bond donors (Lipinski definition) is 1. The van der Waals surface area contributed by atoms with Gasteiger partial charge in [-0.05, 0) is 24.5 Å². The van der Waals surface area contributed by atoms with Crippen LogP contribution in [0.3, 0.4) is 0 Å². The number of amides is 2. The molecule has 13 heteroatoms. The van der Waals surface area contributed by atoms with Gasteiger partial charge in [-0.15, -0.1) is 0 Å². The van der Waals surface area contributed by atoms with Crippen molar-refractivity contribution >= 4 is 11.8 Å². The normalized spacial score (nSPS) is 20.6. The van der Waals surface area contributed by atoms with Crippen molar-refractivity contribution in [1.82, 2.24) is 24.3 Å². The molecule has 42 heavy (non-hydrogen) atoms. The molecule has 222 valence electrons. The summed E-state index contributed by atoms with van der Waals surface area (Å²) in [6, 6.07) is 10.3. The molecule has 3 atom stereocenters. The fourth-order valence-corrected chi connectivity index (χ4v) is 5.53. The van der Waals surface area contributed by atoms with E-state index in [0.717, 1.165) is 20.1 Å². The van der Waals surface area contributed by atoms with Gasteiger partial charge in [-0.1, -0.05) is 36.4 Å². The van der Waals surface area contributed by atoms with Crippen LogP contribution in [0.4, 0.5) is 17.6 Å². The first-order valence-electron chi connectivity index (χ1n) is 13.6. The summed E-state index contributed by atoms with van der Waals surface area (Å²) >= 11 is 0. The Hall–Kier alpha value is -4.29. The van der Waals surface area contributed by atoms with Gasteiger partial charge >= 0.3 is 5.69 Å². The largest absolute Gasteiger partial charge is 0.342 e. The van der Waals surface area contributed by atoms with Crippen molar-refractivity contribution in [3.63, 3.8) is 0 Å². The van der Waals surface area contributed by atoms with E-state index in [0.29, 0.717) is 5.56 Å². The lowest BCUT2D eigenvalue weighted by atomic mass is 9.77. The Bertz CT molecular complexity index is 1600. The summed E-state index contributed by atoms with van der Waals surface area (Å²) in [5.74, 6) is -5.81. The number of aromatic nitrogens is 3. The van der Waals surface area contributed by atoms with Crippen molar-refractivity contribution in [2.24, 2.45) is 0 Å². The lowest BCUT2D eigenvalue weighted by Crippen LogP contribution is -2.49. The Morgan fingerprint density at radius 3 is 2.45 bits per heavy atom. The Labute approximate surface area is 237 Å². The van der Waals surface area contributed by atoms with Crippen molar-refractivity contribution in [3.05, 3.63) is 98.3 Å². The monoisotopic (exact) mass is 587 g/mol. The minimum absolute atomic E-state index is 0.0697. The quantitative estimate of drug-likeness (QED) is 0.322. The SMILES string of the molecule is CCn1c(=O)ccn(CC(=O)N2C[C@H](F)C[C@H]2C(=O)N[C@@H](c2ccccc2)c2ccc(C3CC(F)(F)C3)c(F)n2)c1=O. The summed E-state index contributed by atoms with van der Waals surface area (Å²) in [5.41, 5.74) is -0.532. The molecule has 0 radical (unpaired) electrons. The number of pyridine rings is 1. The summed E-state index contributed by atoms with van der Waals surface area (Å²) in [6.07, 6.45) is -1.56.